The minimum Gasteiger partial charge on any atom is -0.235 e. The van der Waals surface area contributed by atoms with Crippen molar-refractivity contribution in [2.75, 3.05) is 20.0 Å². The third-order valence-electron chi connectivity index (χ3n) is 2.30. The third-order valence-corrected chi connectivity index (χ3v) is 2.30. The number of hydrogen-bond acceptors (Lipinski definition) is 10. The van der Waals surface area contributed by atoms with Crippen molar-refractivity contribution in [1.82, 2.24) is 25.5 Å². The van der Waals surface area contributed by atoms with Gasteiger partial charge in [0.15, 0.2) is 25.4 Å². The van der Waals surface area contributed by atoms with Crippen molar-refractivity contribution in [2.24, 2.45) is 0 Å². The van der Waals surface area contributed by atoms with Crippen LogP contribution in [-0.2, 0) is 0 Å². The fraction of sp³-hybridized carbons (Fsp3) is 1.00. The van der Waals surface area contributed by atoms with Crippen LogP contribution in [0.25, 0.3) is 0 Å². The van der Waals surface area contributed by atoms with Crippen LogP contribution in [-0.4, -0.2) is 70.6 Å². The zero-order valence-corrected chi connectivity index (χ0v) is 10.7. The number of hydrogen-bond donors (Lipinski definition) is 0. The van der Waals surface area contributed by atoms with Crippen molar-refractivity contribution < 1.29 is 25.2 Å². The molecule has 128 valence electrons. The molecule has 1 heterocycles. The minimum absolute atomic E-state index is 0.112. The molecular formula is C3H6N10O10. The number of nitrogens with zero attached hydrogens (tertiary/aromatic N) is 10. The van der Waals surface area contributed by atoms with E-state index in [-0.39, 0.29) is 10.0 Å². The van der Waals surface area contributed by atoms with E-state index in [0.29, 0.717) is 0 Å². The molecule has 0 amide bonds. The van der Waals surface area contributed by atoms with Gasteiger partial charge in [-0.05, 0) is 0 Å². The average molecular weight is 342 g/mol. The quantitative estimate of drug-likeness (QED) is 0.361. The Hall–Kier alpha value is -4.00. The fourth-order valence-corrected chi connectivity index (χ4v) is 1.41. The molecular weight excluding hydrogens is 336 g/mol. The van der Waals surface area contributed by atoms with Gasteiger partial charge in [-0.3, -0.25) is 0 Å². The Labute approximate surface area is 122 Å². The van der Waals surface area contributed by atoms with Crippen LogP contribution in [0, 0.1) is 50.6 Å². The van der Waals surface area contributed by atoms with Crippen molar-refractivity contribution in [3.63, 3.8) is 0 Å². The van der Waals surface area contributed by atoms with Gasteiger partial charge in [-0.25, -0.2) is 50.6 Å². The molecule has 0 aliphatic carbocycles. The molecule has 1 fully saturated rings. The van der Waals surface area contributed by atoms with E-state index in [1.165, 1.54) is 0 Å². The zero-order valence-electron chi connectivity index (χ0n) is 10.7. The van der Waals surface area contributed by atoms with Crippen molar-refractivity contribution in [2.45, 2.75) is 0 Å². The first-order chi connectivity index (χ1) is 10.6. The Kier molecular flexibility index (Phi) is 4.59. The number of rotatable bonds is 5. The van der Waals surface area contributed by atoms with Crippen LogP contribution in [0.1, 0.15) is 0 Å². The summed E-state index contributed by atoms with van der Waals surface area (Å²) in [6.07, 6.45) is 0. The smallest absolute Gasteiger partial charge is 0.235 e. The highest BCUT2D eigenvalue weighted by atomic mass is 16.8. The Morgan fingerprint density at radius 2 is 0.870 bits per heavy atom. The lowest BCUT2D eigenvalue weighted by Gasteiger charge is -2.29. The second-order valence-corrected chi connectivity index (χ2v) is 3.64. The maximum absolute atomic E-state index is 10.9. The second kappa shape index (κ2) is 6.19. The van der Waals surface area contributed by atoms with Gasteiger partial charge in [0.05, 0.1) is 10.2 Å². The average Bonchev–Trinajstić information content (AvgIpc) is 2.36. The molecule has 1 rings (SSSR count). The molecule has 0 aromatic heterocycles. The summed E-state index contributed by atoms with van der Waals surface area (Å²) in [7, 11) is 0. The molecule has 0 aromatic rings. The molecule has 23 heavy (non-hydrogen) atoms. The summed E-state index contributed by atoms with van der Waals surface area (Å²) in [4.78, 5) is 54.0. The van der Waals surface area contributed by atoms with Crippen LogP contribution >= 0.6 is 0 Å². The van der Waals surface area contributed by atoms with Gasteiger partial charge in [0.1, 0.15) is 0 Å². The van der Waals surface area contributed by atoms with Crippen molar-refractivity contribution in [3.8, 4) is 0 Å². The van der Waals surface area contributed by atoms with Gasteiger partial charge in [-0.2, -0.15) is 0 Å². The van der Waals surface area contributed by atoms with E-state index < -0.39 is 60.6 Å². The van der Waals surface area contributed by atoms with Gasteiger partial charge in [-0.15, -0.1) is 0 Å². The molecule has 1 aliphatic rings. The summed E-state index contributed by atoms with van der Waals surface area (Å²) in [6, 6.07) is 0. The first-order valence-electron chi connectivity index (χ1n) is 5.12. The maximum Gasteiger partial charge on any atom is 0.241 e. The molecule has 0 atom stereocenters. The molecule has 0 unspecified atom stereocenters. The SMILES string of the molecule is O=[N+]([O-])N1CN([N+](=O)[O-])CN([N+](=O)[O-])N([N+](=O)[O-])N([N+](=O)[O-])C1. The molecule has 0 N–H and O–H groups in total. The number of nitro groups is 5. The largest absolute Gasteiger partial charge is 0.241 e. The van der Waals surface area contributed by atoms with E-state index in [1.807, 2.05) is 0 Å². The predicted molar refractivity (Wildman–Crippen MR) is 58.8 cm³/mol. The Morgan fingerprint density at radius 3 is 1.09 bits per heavy atom. The predicted octanol–water partition coefficient (Wildman–Crippen LogP) is -2.83. The van der Waals surface area contributed by atoms with Gasteiger partial charge < -0.3 is 0 Å². The standard InChI is InChI=1S/C3H6N10O10/c14-9(15)4-1-5(10(16)17)3-7(12(20)21)8(13(22)23)6(2-4)11(18)19/h1-3H2. The molecule has 20 heteroatoms. The van der Waals surface area contributed by atoms with Crippen LogP contribution in [0.2, 0.25) is 0 Å². The van der Waals surface area contributed by atoms with Gasteiger partial charge in [0.25, 0.3) is 0 Å². The van der Waals surface area contributed by atoms with E-state index in [4.69, 9.17) is 0 Å². The monoisotopic (exact) mass is 342 g/mol. The molecule has 0 bridgehead atoms. The van der Waals surface area contributed by atoms with Gasteiger partial charge in [0.2, 0.25) is 25.0 Å². The van der Waals surface area contributed by atoms with Crippen molar-refractivity contribution in [3.05, 3.63) is 50.6 Å². The summed E-state index contributed by atoms with van der Waals surface area (Å²) in [5.74, 6) is 0. The Balaban J connectivity index is 3.37. The lowest BCUT2D eigenvalue weighted by molar-refractivity contribution is -0.940. The molecule has 0 saturated carbocycles. The Morgan fingerprint density at radius 1 is 0.522 bits per heavy atom. The molecule has 0 spiro atoms. The van der Waals surface area contributed by atoms with E-state index in [0.717, 1.165) is 0 Å². The first-order valence-corrected chi connectivity index (χ1v) is 5.12. The summed E-state index contributed by atoms with van der Waals surface area (Å²) in [6.45, 7) is -4.16. The van der Waals surface area contributed by atoms with Crippen LogP contribution < -0.4 is 0 Å². The fourth-order valence-electron chi connectivity index (χ4n) is 1.41. The summed E-state index contributed by atoms with van der Waals surface area (Å²) >= 11 is 0. The van der Waals surface area contributed by atoms with E-state index in [9.17, 15) is 50.6 Å². The summed E-state index contributed by atoms with van der Waals surface area (Å²) < 4.78 is 0. The second-order valence-electron chi connectivity index (χ2n) is 3.64. The van der Waals surface area contributed by atoms with E-state index >= 15 is 0 Å². The third kappa shape index (κ3) is 3.56. The van der Waals surface area contributed by atoms with Gasteiger partial charge >= 0.3 is 0 Å². The van der Waals surface area contributed by atoms with Crippen LogP contribution in [0.15, 0.2) is 0 Å². The first kappa shape index (κ1) is 17.1. The molecule has 1 aliphatic heterocycles. The molecule has 1 saturated heterocycles. The summed E-state index contributed by atoms with van der Waals surface area (Å²) in [5, 5.41) is 44.7. The van der Waals surface area contributed by atoms with Crippen LogP contribution in [0.4, 0.5) is 0 Å². The molecule has 0 radical (unpaired) electrons. The van der Waals surface area contributed by atoms with E-state index in [2.05, 4.69) is 0 Å². The maximum atomic E-state index is 10.9. The highest BCUT2D eigenvalue weighted by Gasteiger charge is 2.52. The minimum atomic E-state index is -1.63. The zero-order chi connectivity index (χ0) is 17.9. The van der Waals surface area contributed by atoms with Crippen molar-refractivity contribution in [1.29, 1.82) is 0 Å². The summed E-state index contributed by atoms with van der Waals surface area (Å²) in [5.41, 5.74) is 0. The topological polar surface area (TPSA) is 232 Å². The van der Waals surface area contributed by atoms with Gasteiger partial charge in [0, 0.05) is 0 Å². The lowest BCUT2D eigenvalue weighted by Crippen LogP contribution is -2.68. The number of hydrazine groups is 7. The highest BCUT2D eigenvalue weighted by Crippen LogP contribution is 2.12. The van der Waals surface area contributed by atoms with Crippen molar-refractivity contribution >= 4 is 0 Å². The molecule has 20 nitrogen and oxygen atoms in total. The van der Waals surface area contributed by atoms with Crippen LogP contribution in [0.3, 0.4) is 0 Å². The normalized spacial score (nSPS) is 15.7. The highest BCUT2D eigenvalue weighted by molar-refractivity contribution is 4.45. The Bertz CT molecular complexity index is 509. The molecule has 0 aromatic carbocycles. The van der Waals surface area contributed by atoms with Gasteiger partial charge in [-0.1, -0.05) is 10.0 Å². The van der Waals surface area contributed by atoms with Crippen LogP contribution in [0.5, 0.6) is 0 Å². The lowest BCUT2D eigenvalue weighted by atomic mass is 10.8. The van der Waals surface area contributed by atoms with E-state index in [1.54, 1.807) is 0 Å².